The summed E-state index contributed by atoms with van der Waals surface area (Å²) in [7, 11) is 0. The predicted octanol–water partition coefficient (Wildman–Crippen LogP) is 4.93. The average Bonchev–Trinajstić information content (AvgIpc) is 3.15. The summed E-state index contributed by atoms with van der Waals surface area (Å²) < 4.78 is 2.06. The predicted molar refractivity (Wildman–Crippen MR) is 103 cm³/mol. The van der Waals surface area contributed by atoms with Crippen molar-refractivity contribution in [2.75, 3.05) is 0 Å². The highest BCUT2D eigenvalue weighted by Crippen LogP contribution is 2.34. The molecular weight excluding hydrogens is 332 g/mol. The van der Waals surface area contributed by atoms with Crippen molar-refractivity contribution in [1.29, 1.82) is 0 Å². The number of hydrogen-bond donors (Lipinski definition) is 0. The largest absolute Gasteiger partial charge is 0.317 e. The molecule has 0 bridgehead atoms. The summed E-state index contributed by atoms with van der Waals surface area (Å²) in [5.41, 5.74) is 4.39. The van der Waals surface area contributed by atoms with Crippen LogP contribution in [-0.2, 0) is 4.79 Å². The van der Waals surface area contributed by atoms with Gasteiger partial charge in [-0.05, 0) is 74.4 Å². The Bertz CT molecular complexity index is 866. The Morgan fingerprint density at radius 3 is 2.64 bits per heavy atom. The van der Waals surface area contributed by atoms with E-state index in [4.69, 9.17) is 0 Å². The van der Waals surface area contributed by atoms with Gasteiger partial charge >= 0.3 is 0 Å². The zero-order chi connectivity index (χ0) is 18.1. The van der Waals surface area contributed by atoms with Crippen molar-refractivity contribution in [3.63, 3.8) is 0 Å². The minimum Gasteiger partial charge on any atom is -0.317 e. The topological polar surface area (TPSA) is 42.3 Å². The van der Waals surface area contributed by atoms with Crippen LogP contribution in [-0.4, -0.2) is 26.7 Å². The molecule has 2 heterocycles. The van der Waals surface area contributed by atoms with E-state index in [1.165, 1.54) is 16.0 Å². The Kier molecular flexibility index (Phi) is 4.86. The third-order valence-electron chi connectivity index (χ3n) is 4.75. The minimum atomic E-state index is -0.196. The summed E-state index contributed by atoms with van der Waals surface area (Å²) in [5, 5.41) is -0.185. The molecule has 1 saturated heterocycles. The van der Waals surface area contributed by atoms with Crippen molar-refractivity contribution in [1.82, 2.24) is 9.47 Å². The molecule has 0 radical (unpaired) electrons. The van der Waals surface area contributed by atoms with Crippen LogP contribution in [0.5, 0.6) is 0 Å². The number of nitrogens with zero attached hydrogens (tertiary/aromatic N) is 2. The fourth-order valence-corrected chi connectivity index (χ4v) is 3.82. The van der Waals surface area contributed by atoms with Gasteiger partial charge in [-0.25, -0.2) is 0 Å². The number of imide groups is 1. The molecule has 0 aliphatic carbocycles. The fourth-order valence-electron chi connectivity index (χ4n) is 2.90. The Hall–Kier alpha value is -2.27. The smallest absolute Gasteiger partial charge is 0.293 e. The van der Waals surface area contributed by atoms with Gasteiger partial charge in [-0.3, -0.25) is 14.5 Å². The first-order chi connectivity index (χ1) is 11.9. The van der Waals surface area contributed by atoms with E-state index in [2.05, 4.69) is 30.5 Å². The normalized spacial score (nSPS) is 17.6. The number of amides is 2. The van der Waals surface area contributed by atoms with Gasteiger partial charge in [0.05, 0.1) is 4.91 Å². The molecule has 1 aliphatic rings. The summed E-state index contributed by atoms with van der Waals surface area (Å²) in [4.78, 5) is 26.7. The molecule has 5 heteroatoms. The Balaban J connectivity index is 1.99. The van der Waals surface area contributed by atoms with Gasteiger partial charge in [0.15, 0.2) is 0 Å². The van der Waals surface area contributed by atoms with Gasteiger partial charge in [0, 0.05) is 23.6 Å². The van der Waals surface area contributed by atoms with E-state index in [0.29, 0.717) is 4.91 Å². The maximum Gasteiger partial charge on any atom is 0.293 e. The molecule has 1 aromatic carbocycles. The van der Waals surface area contributed by atoms with Gasteiger partial charge in [-0.1, -0.05) is 19.1 Å². The van der Waals surface area contributed by atoms with Gasteiger partial charge < -0.3 is 4.57 Å². The molecule has 0 saturated carbocycles. The third-order valence-corrected chi connectivity index (χ3v) is 5.63. The molecular formula is C20H22N2O2S. The van der Waals surface area contributed by atoms with Crippen LogP contribution in [0.1, 0.15) is 37.1 Å². The first kappa shape index (κ1) is 17.5. The second-order valence-electron chi connectivity index (χ2n) is 6.33. The van der Waals surface area contributed by atoms with Gasteiger partial charge in [-0.2, -0.15) is 0 Å². The monoisotopic (exact) mass is 354 g/mol. The van der Waals surface area contributed by atoms with Crippen LogP contribution < -0.4 is 0 Å². The first-order valence-electron chi connectivity index (χ1n) is 8.45. The van der Waals surface area contributed by atoms with Crippen LogP contribution in [0.4, 0.5) is 4.79 Å². The van der Waals surface area contributed by atoms with Crippen molar-refractivity contribution in [2.45, 2.75) is 40.2 Å². The van der Waals surface area contributed by atoms with E-state index in [1.807, 2.05) is 44.3 Å². The molecule has 0 N–H and O–H groups in total. The van der Waals surface area contributed by atoms with Gasteiger partial charge in [-0.15, -0.1) is 0 Å². The number of carbonyl (C=O) groups is 2. The van der Waals surface area contributed by atoms with E-state index in [1.54, 1.807) is 0 Å². The lowest BCUT2D eigenvalue weighted by atomic mass is 10.1. The van der Waals surface area contributed by atoms with E-state index in [9.17, 15) is 9.59 Å². The van der Waals surface area contributed by atoms with E-state index < -0.39 is 0 Å². The molecule has 130 valence electrons. The number of aryl methyl sites for hydroxylation is 1. The van der Waals surface area contributed by atoms with Gasteiger partial charge in [0.25, 0.3) is 11.1 Å². The summed E-state index contributed by atoms with van der Waals surface area (Å²) in [6, 6.07) is 10.00. The molecule has 1 fully saturated rings. The van der Waals surface area contributed by atoms with Crippen molar-refractivity contribution in [2.24, 2.45) is 0 Å². The SMILES string of the molecule is CC[C@@H](C)N1C(=O)S/C(=C/c2cccn2-c2cccc(C)c2C)C1=O. The van der Waals surface area contributed by atoms with E-state index in [0.717, 1.165) is 29.6 Å². The standard InChI is InChI=1S/C20H22N2O2S/c1-5-14(3)22-19(23)18(25-20(22)24)12-16-9-7-11-21(16)17-10-6-8-13(2)15(17)4/h6-12,14H,5H2,1-4H3/b18-12+/t14-/m1/s1. The van der Waals surface area contributed by atoms with Crippen LogP contribution >= 0.6 is 11.8 Å². The summed E-state index contributed by atoms with van der Waals surface area (Å²) >= 11 is 1.02. The molecule has 0 unspecified atom stereocenters. The van der Waals surface area contributed by atoms with Crippen molar-refractivity contribution < 1.29 is 9.59 Å². The Morgan fingerprint density at radius 1 is 1.16 bits per heavy atom. The zero-order valence-electron chi connectivity index (χ0n) is 14.9. The molecule has 0 spiro atoms. The molecule has 25 heavy (non-hydrogen) atoms. The fraction of sp³-hybridized carbons (Fsp3) is 0.300. The maximum absolute atomic E-state index is 12.6. The van der Waals surface area contributed by atoms with E-state index >= 15 is 0 Å². The average molecular weight is 354 g/mol. The quantitative estimate of drug-likeness (QED) is 0.731. The summed E-state index contributed by atoms with van der Waals surface area (Å²) in [6.07, 6.45) is 4.55. The number of thioether (sulfide) groups is 1. The van der Waals surface area contributed by atoms with E-state index in [-0.39, 0.29) is 17.2 Å². The van der Waals surface area contributed by atoms with Crippen molar-refractivity contribution in [3.8, 4) is 5.69 Å². The number of benzene rings is 1. The maximum atomic E-state index is 12.6. The summed E-state index contributed by atoms with van der Waals surface area (Å²) in [5.74, 6) is -0.196. The zero-order valence-corrected chi connectivity index (χ0v) is 15.8. The molecule has 4 nitrogen and oxygen atoms in total. The second-order valence-corrected chi connectivity index (χ2v) is 7.32. The molecule has 1 atom stereocenters. The Labute approximate surface area is 152 Å². The van der Waals surface area contributed by atoms with Crippen LogP contribution in [0.2, 0.25) is 0 Å². The molecule has 1 aromatic heterocycles. The second kappa shape index (κ2) is 6.92. The van der Waals surface area contributed by atoms with Gasteiger partial charge in [0.1, 0.15) is 0 Å². The van der Waals surface area contributed by atoms with Crippen LogP contribution in [0, 0.1) is 13.8 Å². The first-order valence-corrected chi connectivity index (χ1v) is 9.26. The lowest BCUT2D eigenvalue weighted by molar-refractivity contribution is -0.124. The molecule has 1 aliphatic heterocycles. The highest BCUT2D eigenvalue weighted by atomic mass is 32.2. The lowest BCUT2D eigenvalue weighted by Gasteiger charge is -2.19. The van der Waals surface area contributed by atoms with Crippen LogP contribution in [0.15, 0.2) is 41.4 Å². The summed E-state index contributed by atoms with van der Waals surface area (Å²) in [6.45, 7) is 8.05. The number of carbonyl (C=O) groups excluding carboxylic acids is 2. The van der Waals surface area contributed by atoms with Crippen LogP contribution in [0.25, 0.3) is 11.8 Å². The number of aromatic nitrogens is 1. The Morgan fingerprint density at radius 2 is 1.92 bits per heavy atom. The molecule has 2 amide bonds. The molecule has 2 aromatic rings. The van der Waals surface area contributed by atoms with Crippen LogP contribution in [0.3, 0.4) is 0 Å². The number of hydrogen-bond acceptors (Lipinski definition) is 3. The third kappa shape index (κ3) is 3.16. The minimum absolute atomic E-state index is 0.0794. The highest BCUT2D eigenvalue weighted by molar-refractivity contribution is 8.18. The lowest BCUT2D eigenvalue weighted by Crippen LogP contribution is -2.36. The molecule has 3 rings (SSSR count). The van der Waals surface area contributed by atoms with Gasteiger partial charge in [0.2, 0.25) is 0 Å². The van der Waals surface area contributed by atoms with Crippen molar-refractivity contribution >= 4 is 29.0 Å². The number of rotatable bonds is 4. The highest BCUT2D eigenvalue weighted by Gasteiger charge is 2.37. The van der Waals surface area contributed by atoms with Crippen molar-refractivity contribution in [3.05, 3.63) is 58.3 Å².